The molecule has 0 fully saturated rings. The largest absolute Gasteiger partial charge is 0.625 e. The highest BCUT2D eigenvalue weighted by Crippen LogP contribution is 2.41. The number of hydrogen-bond donors (Lipinski definition) is 4. The summed E-state index contributed by atoms with van der Waals surface area (Å²) < 4.78 is 0. The van der Waals surface area contributed by atoms with Crippen molar-refractivity contribution in [3.8, 4) is 0 Å². The van der Waals surface area contributed by atoms with E-state index < -0.39 is 25.8 Å². The maximum absolute atomic E-state index is 10.3. The van der Waals surface area contributed by atoms with Gasteiger partial charge in [0.25, 0.3) is 5.91 Å². The van der Waals surface area contributed by atoms with E-state index in [1.54, 1.807) is 0 Å². The molecule has 0 aliphatic rings. The summed E-state index contributed by atoms with van der Waals surface area (Å²) in [7, 11) is -4.83. The summed E-state index contributed by atoms with van der Waals surface area (Å²) in [6.45, 7) is 0. The number of rotatable bonds is 3. The van der Waals surface area contributed by atoms with E-state index in [-0.39, 0.29) is 0 Å². The minimum Gasteiger partial charge on any atom is -0.625 e. The van der Waals surface area contributed by atoms with Gasteiger partial charge in [-0.25, -0.2) is 20.1 Å². The first-order chi connectivity index (χ1) is 4.88. The van der Waals surface area contributed by atoms with Crippen LogP contribution < -0.4 is 10.4 Å². The van der Waals surface area contributed by atoms with Gasteiger partial charge in [-0.05, 0) is 0 Å². The monoisotopic (exact) mass is 183 g/mol. The SMILES string of the molecule is O=C(CC(=O)[P+]([O-])(O)O)NO. The fraction of sp³-hybridized carbons (Fsp3) is 0.333. The summed E-state index contributed by atoms with van der Waals surface area (Å²) in [5.41, 5.74) is -0.459. The summed E-state index contributed by atoms with van der Waals surface area (Å²) in [6, 6.07) is 0. The predicted octanol–water partition coefficient (Wildman–Crippen LogP) is -2.48. The van der Waals surface area contributed by atoms with Crippen molar-refractivity contribution in [1.29, 1.82) is 0 Å². The standard InChI is InChI=1S/C3H6NO6P/c5-2(4-7)1-3(6)11(8,9)10/h7H,1H2,(H,4,5)(H2,8,9,10). The van der Waals surface area contributed by atoms with Crippen LogP contribution in [-0.4, -0.2) is 26.4 Å². The minimum absolute atomic E-state index is 1.03. The number of carbonyl (C=O) groups is 2. The molecule has 7 nitrogen and oxygen atoms in total. The van der Waals surface area contributed by atoms with Gasteiger partial charge in [0.2, 0.25) is 0 Å². The van der Waals surface area contributed by atoms with Crippen LogP contribution in [0.15, 0.2) is 0 Å². The summed E-state index contributed by atoms with van der Waals surface area (Å²) in [5, 5.41) is 7.84. The molecule has 0 saturated carbocycles. The lowest BCUT2D eigenvalue weighted by atomic mass is 10.5. The second-order valence-electron chi connectivity index (χ2n) is 1.65. The molecule has 64 valence electrons. The van der Waals surface area contributed by atoms with Gasteiger partial charge in [0.1, 0.15) is 6.42 Å². The summed E-state index contributed by atoms with van der Waals surface area (Å²) in [5.74, 6) is -1.15. The third-order valence-corrected chi connectivity index (χ3v) is 1.57. The van der Waals surface area contributed by atoms with Gasteiger partial charge in [0.05, 0.1) is 0 Å². The lowest BCUT2D eigenvalue weighted by molar-refractivity contribution is -0.209. The smallest absolute Gasteiger partial charge is 0.331 e. The Morgan fingerprint density at radius 1 is 1.45 bits per heavy atom. The van der Waals surface area contributed by atoms with Crippen molar-refractivity contribution in [3.63, 3.8) is 0 Å². The first kappa shape index (κ1) is 10.4. The van der Waals surface area contributed by atoms with Crippen molar-refractivity contribution in [2.75, 3.05) is 0 Å². The minimum atomic E-state index is -4.83. The zero-order chi connectivity index (χ0) is 9.07. The van der Waals surface area contributed by atoms with Crippen LogP contribution in [0.5, 0.6) is 0 Å². The number of nitrogens with one attached hydrogen (secondary N) is 1. The maximum atomic E-state index is 10.3. The highest BCUT2D eigenvalue weighted by molar-refractivity contribution is 7.74. The molecule has 0 aromatic heterocycles. The van der Waals surface area contributed by atoms with Crippen molar-refractivity contribution in [2.45, 2.75) is 6.42 Å². The van der Waals surface area contributed by atoms with Crippen LogP contribution in [0.4, 0.5) is 0 Å². The van der Waals surface area contributed by atoms with E-state index in [4.69, 9.17) is 15.0 Å². The van der Waals surface area contributed by atoms with Crippen LogP contribution in [0.25, 0.3) is 0 Å². The summed E-state index contributed by atoms with van der Waals surface area (Å²) in [6.07, 6.45) is -1.03. The van der Waals surface area contributed by atoms with Crippen molar-refractivity contribution < 1.29 is 29.5 Å². The first-order valence-corrected chi connectivity index (χ1v) is 4.01. The quantitative estimate of drug-likeness (QED) is 0.166. The van der Waals surface area contributed by atoms with E-state index in [2.05, 4.69) is 0 Å². The Morgan fingerprint density at radius 3 is 2.18 bits per heavy atom. The van der Waals surface area contributed by atoms with Crippen LogP contribution in [-0.2, 0) is 9.59 Å². The normalized spacial score (nSPS) is 10.9. The van der Waals surface area contributed by atoms with Gasteiger partial charge in [-0.3, -0.25) is 10.0 Å². The van der Waals surface area contributed by atoms with Crippen LogP contribution in [0.1, 0.15) is 6.42 Å². The Morgan fingerprint density at radius 2 is 1.91 bits per heavy atom. The van der Waals surface area contributed by atoms with E-state index in [1.165, 1.54) is 0 Å². The fourth-order valence-electron chi connectivity index (χ4n) is 0.280. The van der Waals surface area contributed by atoms with E-state index in [1.807, 2.05) is 0 Å². The van der Waals surface area contributed by atoms with Crippen LogP contribution in [0.3, 0.4) is 0 Å². The molecule has 4 N–H and O–H groups in total. The molecule has 0 spiro atoms. The Labute approximate surface area is 61.8 Å². The first-order valence-electron chi connectivity index (χ1n) is 2.40. The molecule has 0 unspecified atom stereocenters. The molecule has 1 amide bonds. The zero-order valence-electron chi connectivity index (χ0n) is 5.22. The maximum Gasteiger partial charge on any atom is 0.331 e. The summed E-state index contributed by atoms with van der Waals surface area (Å²) >= 11 is 0. The second kappa shape index (κ2) is 3.70. The molecule has 11 heavy (non-hydrogen) atoms. The molecule has 8 heteroatoms. The fourth-order valence-corrected chi connectivity index (χ4v) is 0.629. The van der Waals surface area contributed by atoms with E-state index in [9.17, 15) is 14.5 Å². The molecule has 0 radical (unpaired) electrons. The van der Waals surface area contributed by atoms with Gasteiger partial charge >= 0.3 is 13.5 Å². The highest BCUT2D eigenvalue weighted by Gasteiger charge is 2.33. The molecule has 0 heterocycles. The van der Waals surface area contributed by atoms with Gasteiger partial charge in [0, 0.05) is 0 Å². The molecule has 0 aliphatic carbocycles. The third kappa shape index (κ3) is 3.97. The van der Waals surface area contributed by atoms with E-state index >= 15 is 0 Å². The Bertz CT molecular complexity index is 173. The number of carbonyl (C=O) groups excluding carboxylic acids is 2. The molecular formula is C3H6NO6P. The molecule has 0 bridgehead atoms. The average molecular weight is 183 g/mol. The molecule has 0 saturated heterocycles. The molecule has 0 aromatic carbocycles. The third-order valence-electron chi connectivity index (χ3n) is 0.761. The van der Waals surface area contributed by atoms with E-state index in [0.29, 0.717) is 0 Å². The second-order valence-corrected chi connectivity index (χ2v) is 3.24. The van der Waals surface area contributed by atoms with Crippen molar-refractivity contribution in [2.24, 2.45) is 0 Å². The average Bonchev–Trinajstić information content (AvgIpc) is 1.85. The van der Waals surface area contributed by atoms with E-state index in [0.717, 1.165) is 5.48 Å². The molecule has 0 rings (SSSR count). The number of amides is 1. The van der Waals surface area contributed by atoms with Gasteiger partial charge in [-0.1, -0.05) is 0 Å². The van der Waals surface area contributed by atoms with Crippen LogP contribution >= 0.6 is 7.94 Å². The topological polar surface area (TPSA) is 130 Å². The van der Waals surface area contributed by atoms with Crippen molar-refractivity contribution in [3.05, 3.63) is 0 Å². The Balaban J connectivity index is 3.99. The highest BCUT2D eigenvalue weighted by atomic mass is 31.2. The number of hydroxylamine groups is 1. The molecule has 0 atom stereocenters. The zero-order valence-corrected chi connectivity index (χ0v) is 6.12. The molecular weight excluding hydrogens is 177 g/mol. The summed E-state index contributed by atoms with van der Waals surface area (Å²) in [4.78, 5) is 46.8. The van der Waals surface area contributed by atoms with Crippen LogP contribution in [0, 0.1) is 0 Å². The predicted molar refractivity (Wildman–Crippen MR) is 30.9 cm³/mol. The van der Waals surface area contributed by atoms with Gasteiger partial charge < -0.3 is 4.89 Å². The van der Waals surface area contributed by atoms with Gasteiger partial charge in [-0.15, -0.1) is 0 Å². The molecule has 0 aromatic rings. The molecule has 0 aliphatic heterocycles. The Kier molecular flexibility index (Phi) is 3.50. The van der Waals surface area contributed by atoms with Gasteiger partial charge in [-0.2, -0.15) is 0 Å². The van der Waals surface area contributed by atoms with Crippen LogP contribution in [0.2, 0.25) is 0 Å². The number of hydrogen-bond acceptors (Lipinski definition) is 6. The lowest BCUT2D eigenvalue weighted by Gasteiger charge is -2.10. The lowest BCUT2D eigenvalue weighted by Crippen LogP contribution is -2.26. The van der Waals surface area contributed by atoms with Gasteiger partial charge in [0.15, 0.2) is 0 Å². The van der Waals surface area contributed by atoms with Crippen molar-refractivity contribution >= 4 is 19.4 Å². The van der Waals surface area contributed by atoms with Crippen molar-refractivity contribution in [1.82, 2.24) is 5.48 Å². The Hall–Kier alpha value is -0.590.